The first-order chi connectivity index (χ1) is 7.32. The molecule has 0 heterocycles. The second-order valence-electron chi connectivity index (χ2n) is 3.37. The van der Waals surface area contributed by atoms with Gasteiger partial charge in [0.1, 0.15) is 5.75 Å². The Balaban J connectivity index is 2.73. The van der Waals surface area contributed by atoms with Gasteiger partial charge in [0.15, 0.2) is 6.10 Å². The van der Waals surface area contributed by atoms with Crippen molar-refractivity contribution in [3.05, 3.63) is 29.8 Å². The van der Waals surface area contributed by atoms with E-state index in [1.54, 1.807) is 0 Å². The number of benzene rings is 1. The fourth-order valence-electron chi connectivity index (χ4n) is 1.24. The Labute approximate surface area is 89.8 Å². The number of phenols is 1. The van der Waals surface area contributed by atoms with E-state index >= 15 is 0 Å². The van der Waals surface area contributed by atoms with Crippen LogP contribution in [0.15, 0.2) is 24.3 Å². The molecule has 0 spiro atoms. The predicted molar refractivity (Wildman–Crippen MR) is 49.7 cm³/mol. The lowest BCUT2D eigenvalue weighted by Crippen LogP contribution is -2.30. The maximum Gasteiger partial charge on any atom is 0.414 e. The van der Waals surface area contributed by atoms with Crippen molar-refractivity contribution in [2.75, 3.05) is 0 Å². The molecule has 0 aromatic heterocycles. The van der Waals surface area contributed by atoms with Gasteiger partial charge in [0.05, 0.1) is 6.10 Å². The van der Waals surface area contributed by atoms with Gasteiger partial charge in [-0.3, -0.25) is 0 Å². The molecule has 0 amide bonds. The van der Waals surface area contributed by atoms with Crippen LogP contribution in [0, 0.1) is 0 Å². The van der Waals surface area contributed by atoms with Crippen molar-refractivity contribution < 1.29 is 28.5 Å². The molecule has 0 bridgehead atoms. The van der Waals surface area contributed by atoms with E-state index in [0.717, 1.165) is 0 Å². The molecule has 0 radical (unpaired) electrons. The SMILES string of the molecule is Oc1ccccc1C(O)CC(O)C(F)(F)F. The highest BCUT2D eigenvalue weighted by atomic mass is 19.4. The van der Waals surface area contributed by atoms with Crippen molar-refractivity contribution in [2.24, 2.45) is 0 Å². The van der Waals surface area contributed by atoms with Gasteiger partial charge >= 0.3 is 6.18 Å². The second-order valence-corrected chi connectivity index (χ2v) is 3.37. The number of hydrogen-bond acceptors (Lipinski definition) is 3. The first-order valence-electron chi connectivity index (χ1n) is 4.53. The molecule has 1 aromatic carbocycles. The van der Waals surface area contributed by atoms with E-state index in [0.29, 0.717) is 0 Å². The minimum absolute atomic E-state index is 0.0363. The number of para-hydroxylation sites is 1. The minimum atomic E-state index is -4.77. The standard InChI is InChI=1S/C10H11F3O3/c11-10(12,13)9(16)5-8(15)6-3-1-2-4-7(6)14/h1-4,8-9,14-16H,5H2. The van der Waals surface area contributed by atoms with Crippen LogP contribution in [0.3, 0.4) is 0 Å². The third-order valence-corrected chi connectivity index (χ3v) is 2.12. The second kappa shape index (κ2) is 4.71. The molecule has 0 aliphatic rings. The van der Waals surface area contributed by atoms with E-state index in [-0.39, 0.29) is 11.3 Å². The summed E-state index contributed by atoms with van der Waals surface area (Å²) in [5.41, 5.74) is -0.0363. The number of alkyl halides is 3. The number of aliphatic hydroxyl groups excluding tert-OH is 2. The zero-order chi connectivity index (χ0) is 12.3. The van der Waals surface area contributed by atoms with Gasteiger partial charge in [-0.15, -0.1) is 0 Å². The summed E-state index contributed by atoms with van der Waals surface area (Å²) >= 11 is 0. The zero-order valence-electron chi connectivity index (χ0n) is 8.15. The van der Waals surface area contributed by atoms with Gasteiger partial charge in [0.2, 0.25) is 0 Å². The third kappa shape index (κ3) is 3.11. The van der Waals surface area contributed by atoms with Crippen LogP contribution in [0.5, 0.6) is 5.75 Å². The molecule has 3 nitrogen and oxygen atoms in total. The number of aliphatic hydroxyl groups is 2. The van der Waals surface area contributed by atoms with Gasteiger partial charge in [-0.2, -0.15) is 13.2 Å². The van der Waals surface area contributed by atoms with Gasteiger partial charge in [-0.25, -0.2) is 0 Å². The molecule has 0 aliphatic heterocycles. The van der Waals surface area contributed by atoms with Crippen molar-refractivity contribution in [2.45, 2.75) is 24.8 Å². The Morgan fingerprint density at radius 1 is 1.12 bits per heavy atom. The first-order valence-corrected chi connectivity index (χ1v) is 4.53. The van der Waals surface area contributed by atoms with Crippen molar-refractivity contribution in [1.29, 1.82) is 0 Å². The topological polar surface area (TPSA) is 60.7 Å². The van der Waals surface area contributed by atoms with Gasteiger partial charge in [0.25, 0.3) is 0 Å². The fourth-order valence-corrected chi connectivity index (χ4v) is 1.24. The molecule has 2 atom stereocenters. The van der Waals surface area contributed by atoms with E-state index in [9.17, 15) is 23.4 Å². The molecule has 0 fully saturated rings. The van der Waals surface area contributed by atoms with Gasteiger partial charge < -0.3 is 15.3 Å². The molecular weight excluding hydrogens is 225 g/mol. The Morgan fingerprint density at radius 3 is 2.19 bits per heavy atom. The Bertz CT molecular complexity index is 351. The number of phenolic OH excluding ortho intramolecular Hbond substituents is 1. The van der Waals surface area contributed by atoms with Crippen molar-refractivity contribution in [1.82, 2.24) is 0 Å². The summed E-state index contributed by atoms with van der Waals surface area (Å²) in [6, 6.07) is 5.49. The zero-order valence-corrected chi connectivity index (χ0v) is 8.15. The molecule has 6 heteroatoms. The summed E-state index contributed by atoms with van der Waals surface area (Å²) in [5.74, 6) is -0.302. The molecule has 0 saturated heterocycles. The first kappa shape index (κ1) is 12.8. The van der Waals surface area contributed by atoms with Crippen LogP contribution in [0.4, 0.5) is 13.2 Å². The fraction of sp³-hybridized carbons (Fsp3) is 0.400. The highest BCUT2D eigenvalue weighted by Gasteiger charge is 2.39. The number of aromatic hydroxyl groups is 1. The summed E-state index contributed by atoms with van der Waals surface area (Å²) in [6.07, 6.45) is -9.84. The Morgan fingerprint density at radius 2 is 1.69 bits per heavy atom. The molecule has 16 heavy (non-hydrogen) atoms. The van der Waals surface area contributed by atoms with E-state index < -0.39 is 24.8 Å². The lowest BCUT2D eigenvalue weighted by molar-refractivity contribution is -0.211. The molecule has 0 aliphatic carbocycles. The highest BCUT2D eigenvalue weighted by Crippen LogP contribution is 2.31. The van der Waals surface area contributed by atoms with Gasteiger partial charge in [-0.1, -0.05) is 18.2 Å². The van der Waals surface area contributed by atoms with E-state index in [2.05, 4.69) is 0 Å². The van der Waals surface area contributed by atoms with Crippen LogP contribution in [-0.2, 0) is 0 Å². The molecule has 1 rings (SSSR count). The number of halogens is 3. The maximum atomic E-state index is 12.0. The Hall–Kier alpha value is -1.27. The van der Waals surface area contributed by atoms with Crippen LogP contribution in [0.2, 0.25) is 0 Å². The third-order valence-electron chi connectivity index (χ3n) is 2.12. The van der Waals surface area contributed by atoms with Crippen molar-refractivity contribution >= 4 is 0 Å². The summed E-state index contributed by atoms with van der Waals surface area (Å²) in [4.78, 5) is 0. The molecule has 2 unspecified atom stereocenters. The smallest absolute Gasteiger partial charge is 0.414 e. The Kier molecular flexibility index (Phi) is 3.77. The van der Waals surface area contributed by atoms with Crippen LogP contribution >= 0.6 is 0 Å². The van der Waals surface area contributed by atoms with Crippen molar-refractivity contribution in [3.63, 3.8) is 0 Å². The molecule has 0 saturated carbocycles. The largest absolute Gasteiger partial charge is 0.508 e. The quantitative estimate of drug-likeness (QED) is 0.749. The predicted octanol–water partition coefficient (Wildman–Crippen LogP) is 1.74. The number of hydrogen-bond donors (Lipinski definition) is 3. The number of rotatable bonds is 3. The van der Waals surface area contributed by atoms with Crippen LogP contribution in [-0.4, -0.2) is 27.6 Å². The summed E-state index contributed by atoms with van der Waals surface area (Å²) in [6.45, 7) is 0. The van der Waals surface area contributed by atoms with E-state index in [1.807, 2.05) is 0 Å². The van der Waals surface area contributed by atoms with E-state index in [1.165, 1.54) is 24.3 Å². The highest BCUT2D eigenvalue weighted by molar-refractivity contribution is 5.33. The van der Waals surface area contributed by atoms with Crippen LogP contribution < -0.4 is 0 Å². The maximum absolute atomic E-state index is 12.0. The minimum Gasteiger partial charge on any atom is -0.508 e. The molecular formula is C10H11F3O3. The molecule has 1 aromatic rings. The summed E-state index contributed by atoms with van der Waals surface area (Å²) in [5, 5.41) is 27.4. The summed E-state index contributed by atoms with van der Waals surface area (Å²) < 4.78 is 36.0. The van der Waals surface area contributed by atoms with Gasteiger partial charge in [-0.05, 0) is 6.07 Å². The molecule has 90 valence electrons. The average Bonchev–Trinajstić information content (AvgIpc) is 2.16. The van der Waals surface area contributed by atoms with Crippen molar-refractivity contribution in [3.8, 4) is 5.75 Å². The lowest BCUT2D eigenvalue weighted by Gasteiger charge is -2.18. The molecule has 3 N–H and O–H groups in total. The normalized spacial score (nSPS) is 15.8. The van der Waals surface area contributed by atoms with E-state index in [4.69, 9.17) is 5.11 Å². The lowest BCUT2D eigenvalue weighted by atomic mass is 10.0. The van der Waals surface area contributed by atoms with Crippen LogP contribution in [0.25, 0.3) is 0 Å². The summed E-state index contributed by atoms with van der Waals surface area (Å²) in [7, 11) is 0. The average molecular weight is 236 g/mol. The van der Waals surface area contributed by atoms with Crippen LogP contribution in [0.1, 0.15) is 18.1 Å². The van der Waals surface area contributed by atoms with Gasteiger partial charge in [0, 0.05) is 12.0 Å². The monoisotopic (exact) mass is 236 g/mol.